The second-order valence-electron chi connectivity index (χ2n) is 14.2. The number of hydrogen-bond donors (Lipinski definition) is 1. The number of fused-ring (bicyclic) bond motifs is 3. The molecule has 11 nitrogen and oxygen atoms in total. The fourth-order valence-electron chi connectivity index (χ4n) is 7.32. The summed E-state index contributed by atoms with van der Waals surface area (Å²) in [4.78, 5) is 12.3. The van der Waals surface area contributed by atoms with Crippen molar-refractivity contribution in [2.75, 3.05) is 112 Å². The van der Waals surface area contributed by atoms with Crippen molar-refractivity contribution >= 4 is 6.09 Å². The first-order chi connectivity index (χ1) is 30.3. The molecule has 5 aromatic rings. The molecule has 0 bridgehead atoms. The Morgan fingerprint density at radius 3 is 1.13 bits per heavy atom. The predicted molar refractivity (Wildman–Crippen MR) is 234 cm³/mol. The van der Waals surface area contributed by atoms with Crippen molar-refractivity contribution in [3.8, 4) is 11.1 Å². The monoisotopic (exact) mass is 833 g/mol. The molecule has 0 saturated carbocycles. The molecule has 0 aliphatic heterocycles. The Morgan fingerprint density at radius 1 is 0.410 bits per heavy atom. The van der Waals surface area contributed by atoms with E-state index in [9.17, 15) is 4.79 Å². The second kappa shape index (κ2) is 26.4. The molecule has 1 aliphatic carbocycles. The quantitative estimate of drug-likeness (QED) is 0.0366. The van der Waals surface area contributed by atoms with Crippen molar-refractivity contribution in [1.29, 1.82) is 0 Å². The maximum absolute atomic E-state index is 12.3. The van der Waals surface area contributed by atoms with Crippen LogP contribution in [0.5, 0.6) is 0 Å². The first kappa shape index (κ1) is 45.6. The van der Waals surface area contributed by atoms with E-state index in [1.165, 1.54) is 22.3 Å². The number of nitrogens with one attached hydrogen (secondary N) is 1. The van der Waals surface area contributed by atoms with Crippen molar-refractivity contribution < 1.29 is 47.4 Å². The molecule has 0 fully saturated rings. The topological polar surface area (TPSA) is 112 Å². The van der Waals surface area contributed by atoms with Crippen molar-refractivity contribution in [3.05, 3.63) is 167 Å². The molecule has 324 valence electrons. The first-order valence-corrected chi connectivity index (χ1v) is 21.2. The van der Waals surface area contributed by atoms with Crippen LogP contribution in [0.25, 0.3) is 11.1 Å². The largest absolute Gasteiger partial charge is 0.449 e. The molecule has 1 aliphatic rings. The minimum absolute atomic E-state index is 0.0340. The van der Waals surface area contributed by atoms with Gasteiger partial charge in [-0.25, -0.2) is 4.79 Å². The van der Waals surface area contributed by atoms with Crippen LogP contribution < -0.4 is 5.32 Å². The third kappa shape index (κ3) is 14.0. The lowest BCUT2D eigenvalue weighted by Crippen LogP contribution is -2.34. The molecule has 0 aromatic heterocycles. The third-order valence-electron chi connectivity index (χ3n) is 10.2. The average molecular weight is 834 g/mol. The zero-order valence-corrected chi connectivity index (χ0v) is 35.0. The summed E-state index contributed by atoms with van der Waals surface area (Å²) in [5, 5.41) is 2.75. The fraction of sp³-hybridized carbons (Fsp3) is 0.380. The number of hydrogen-bond acceptors (Lipinski definition) is 10. The Hall–Kier alpha value is -4.95. The van der Waals surface area contributed by atoms with Gasteiger partial charge in [0.2, 0.25) is 0 Å². The highest BCUT2D eigenvalue weighted by atomic mass is 16.6. The molecule has 61 heavy (non-hydrogen) atoms. The maximum Gasteiger partial charge on any atom is 0.407 e. The van der Waals surface area contributed by atoms with E-state index in [1.54, 1.807) is 0 Å². The van der Waals surface area contributed by atoms with Gasteiger partial charge in [0.05, 0.1) is 99.1 Å². The van der Waals surface area contributed by atoms with Gasteiger partial charge in [-0.3, -0.25) is 0 Å². The van der Waals surface area contributed by atoms with Gasteiger partial charge in [-0.1, -0.05) is 140 Å². The molecule has 0 unspecified atom stereocenters. The third-order valence-corrected chi connectivity index (χ3v) is 10.2. The molecule has 1 amide bonds. The fourth-order valence-corrected chi connectivity index (χ4v) is 7.32. The standard InChI is InChI=1S/C50H59NO10/c52-49(60-40-48-46-22-12-10-20-44(46)45-21-11-13-23-47(45)48)51-24-25-53-26-27-54-28-29-55-30-31-56-32-33-57-34-35-58-36-37-59-38-39-61-50(41-14-4-1-5-15-41,42-16-6-2-7-17-42)43-18-8-3-9-19-43/h1-23,48H,24-40H2,(H,51,52). The van der Waals surface area contributed by atoms with Gasteiger partial charge < -0.3 is 47.9 Å². The molecule has 0 heterocycles. The number of benzene rings is 5. The summed E-state index contributed by atoms with van der Waals surface area (Å²) >= 11 is 0. The van der Waals surface area contributed by atoms with Gasteiger partial charge in [-0.2, -0.15) is 0 Å². The SMILES string of the molecule is O=C(NCCOCCOCCOCCOCCOCCOCCOCCOC(c1ccccc1)(c1ccccc1)c1ccccc1)OCC1c2ccccc2-c2ccccc21. The maximum atomic E-state index is 12.3. The highest BCUT2D eigenvalue weighted by Gasteiger charge is 2.37. The van der Waals surface area contributed by atoms with Gasteiger partial charge in [0.25, 0.3) is 0 Å². The Morgan fingerprint density at radius 2 is 0.738 bits per heavy atom. The van der Waals surface area contributed by atoms with Crippen LogP contribution in [0.15, 0.2) is 140 Å². The molecule has 0 atom stereocenters. The zero-order chi connectivity index (χ0) is 42.1. The molecular formula is C50H59NO10. The van der Waals surface area contributed by atoms with Crippen LogP contribution in [0, 0.1) is 0 Å². The van der Waals surface area contributed by atoms with Crippen molar-refractivity contribution in [2.45, 2.75) is 11.5 Å². The molecule has 11 heteroatoms. The number of alkyl carbamates (subject to hydrolysis) is 1. The second-order valence-corrected chi connectivity index (χ2v) is 14.2. The van der Waals surface area contributed by atoms with Crippen LogP contribution in [0.1, 0.15) is 33.7 Å². The van der Waals surface area contributed by atoms with E-state index in [1.807, 2.05) is 78.9 Å². The summed E-state index contributed by atoms with van der Waals surface area (Å²) in [6.45, 7) is 7.44. The Balaban J connectivity index is 0.688. The average Bonchev–Trinajstić information content (AvgIpc) is 3.63. The lowest BCUT2D eigenvalue weighted by Gasteiger charge is -2.36. The van der Waals surface area contributed by atoms with Crippen LogP contribution in [-0.4, -0.2) is 118 Å². The normalized spacial score (nSPS) is 12.3. The Bertz CT molecular complexity index is 1810. The number of carbonyl (C=O) groups excluding carboxylic acids is 1. The van der Waals surface area contributed by atoms with E-state index in [0.717, 1.165) is 16.7 Å². The van der Waals surface area contributed by atoms with Gasteiger partial charge in [0, 0.05) is 12.5 Å². The van der Waals surface area contributed by atoms with Crippen LogP contribution in [0.3, 0.4) is 0 Å². The summed E-state index contributed by atoms with van der Waals surface area (Å²) in [5.41, 5.74) is 7.20. The Kier molecular flexibility index (Phi) is 19.7. The van der Waals surface area contributed by atoms with Gasteiger partial charge in [-0.15, -0.1) is 0 Å². The summed E-state index contributed by atoms with van der Waals surface area (Å²) in [6.07, 6.45) is -0.452. The van der Waals surface area contributed by atoms with Crippen molar-refractivity contribution in [2.24, 2.45) is 0 Å². The number of amides is 1. The molecule has 0 saturated heterocycles. The van der Waals surface area contributed by atoms with Gasteiger partial charge in [-0.05, 0) is 38.9 Å². The molecule has 0 spiro atoms. The minimum Gasteiger partial charge on any atom is -0.449 e. The lowest BCUT2D eigenvalue weighted by atomic mass is 9.80. The van der Waals surface area contributed by atoms with E-state index >= 15 is 0 Å². The zero-order valence-electron chi connectivity index (χ0n) is 35.0. The summed E-state index contributed by atoms with van der Waals surface area (Å²) in [5.74, 6) is 0.0340. The van der Waals surface area contributed by atoms with Gasteiger partial charge >= 0.3 is 6.09 Å². The highest BCUT2D eigenvalue weighted by Crippen LogP contribution is 2.44. The van der Waals surface area contributed by atoms with Crippen LogP contribution in [-0.2, 0) is 48.2 Å². The highest BCUT2D eigenvalue weighted by molar-refractivity contribution is 5.79. The minimum atomic E-state index is -0.759. The molecule has 5 aromatic carbocycles. The smallest absolute Gasteiger partial charge is 0.407 e. The summed E-state index contributed by atoms with van der Waals surface area (Å²) in [7, 11) is 0. The number of ether oxygens (including phenoxy) is 9. The summed E-state index contributed by atoms with van der Waals surface area (Å²) in [6, 6.07) is 47.5. The van der Waals surface area contributed by atoms with E-state index in [0.29, 0.717) is 106 Å². The van der Waals surface area contributed by atoms with Crippen molar-refractivity contribution in [1.82, 2.24) is 5.32 Å². The van der Waals surface area contributed by atoms with Crippen LogP contribution in [0.2, 0.25) is 0 Å². The van der Waals surface area contributed by atoms with Gasteiger partial charge in [0.15, 0.2) is 0 Å². The van der Waals surface area contributed by atoms with Crippen LogP contribution in [0.4, 0.5) is 4.79 Å². The molecular weight excluding hydrogens is 775 g/mol. The number of rotatable bonds is 30. The van der Waals surface area contributed by atoms with E-state index in [-0.39, 0.29) is 12.5 Å². The number of carbonyl (C=O) groups is 1. The molecule has 6 rings (SSSR count). The van der Waals surface area contributed by atoms with E-state index in [2.05, 4.69) is 66.0 Å². The molecule has 0 radical (unpaired) electrons. The lowest BCUT2D eigenvalue weighted by molar-refractivity contribution is -0.0397. The van der Waals surface area contributed by atoms with E-state index < -0.39 is 11.7 Å². The van der Waals surface area contributed by atoms with E-state index in [4.69, 9.17) is 42.6 Å². The van der Waals surface area contributed by atoms with Crippen LogP contribution >= 0.6 is 0 Å². The van der Waals surface area contributed by atoms with Crippen molar-refractivity contribution in [3.63, 3.8) is 0 Å². The molecule has 1 N–H and O–H groups in total. The summed E-state index contributed by atoms with van der Waals surface area (Å²) < 4.78 is 51.7. The first-order valence-electron chi connectivity index (χ1n) is 21.2. The van der Waals surface area contributed by atoms with Gasteiger partial charge in [0.1, 0.15) is 12.2 Å². The predicted octanol–water partition coefficient (Wildman–Crippen LogP) is 7.65. The Labute approximate surface area is 360 Å².